The number of anilines is 3. The Balaban J connectivity index is 0.00000128. The Morgan fingerprint density at radius 3 is 2.96 bits per heavy atom. The van der Waals surface area contributed by atoms with Crippen molar-refractivity contribution >= 4 is 34.1 Å². The number of ether oxygens (including phenoxy) is 1. The molecule has 0 spiro atoms. The Bertz CT molecular complexity index is 1210. The SMILES string of the molecule is Cn1c(=O)[nH]c2cc(Nc3nc4cccc(NC5CCOCC5)n4n3)ccc21.[HH].[HH]. The van der Waals surface area contributed by atoms with Crippen molar-refractivity contribution in [2.24, 2.45) is 7.05 Å². The van der Waals surface area contributed by atoms with E-state index < -0.39 is 0 Å². The highest BCUT2D eigenvalue weighted by atomic mass is 16.5. The molecule has 0 aliphatic carbocycles. The van der Waals surface area contributed by atoms with Gasteiger partial charge in [-0.25, -0.2) is 4.79 Å². The molecule has 1 aromatic carbocycles. The monoisotopic (exact) mass is 383 g/mol. The first-order valence-electron chi connectivity index (χ1n) is 9.33. The zero-order valence-corrected chi connectivity index (χ0v) is 15.5. The van der Waals surface area contributed by atoms with E-state index in [1.807, 2.05) is 36.4 Å². The summed E-state index contributed by atoms with van der Waals surface area (Å²) in [4.78, 5) is 19.2. The van der Waals surface area contributed by atoms with Gasteiger partial charge in [-0.3, -0.25) is 4.57 Å². The molecule has 4 aromatic rings. The Morgan fingerprint density at radius 2 is 2.11 bits per heavy atom. The van der Waals surface area contributed by atoms with E-state index in [2.05, 4.69) is 25.7 Å². The lowest BCUT2D eigenvalue weighted by Gasteiger charge is -2.24. The summed E-state index contributed by atoms with van der Waals surface area (Å²) in [5.41, 5.74) is 3.05. The normalized spacial score (nSPS) is 15.3. The number of imidazole rings is 1. The number of fused-ring (bicyclic) bond motifs is 2. The van der Waals surface area contributed by atoms with Gasteiger partial charge in [0.2, 0.25) is 5.95 Å². The maximum absolute atomic E-state index is 11.8. The van der Waals surface area contributed by atoms with Crippen molar-refractivity contribution < 1.29 is 7.59 Å². The van der Waals surface area contributed by atoms with Crippen LogP contribution in [0.2, 0.25) is 0 Å². The number of pyridine rings is 1. The summed E-state index contributed by atoms with van der Waals surface area (Å²) < 4.78 is 8.81. The molecule has 0 unspecified atom stereocenters. The number of nitrogens with one attached hydrogen (secondary N) is 3. The number of aromatic nitrogens is 5. The second kappa shape index (κ2) is 6.68. The van der Waals surface area contributed by atoms with Crippen LogP contribution >= 0.6 is 0 Å². The van der Waals surface area contributed by atoms with E-state index in [9.17, 15) is 4.79 Å². The molecule has 1 aliphatic rings. The van der Waals surface area contributed by atoms with Crippen LogP contribution in [0, 0.1) is 0 Å². The quantitative estimate of drug-likeness (QED) is 0.501. The third kappa shape index (κ3) is 2.99. The molecular weight excluding hydrogens is 358 g/mol. The first kappa shape index (κ1) is 16.8. The minimum absolute atomic E-state index is 0. The molecule has 4 heterocycles. The number of nitrogens with zero attached hydrogens (tertiary/aromatic N) is 4. The fourth-order valence-corrected chi connectivity index (χ4v) is 3.56. The van der Waals surface area contributed by atoms with E-state index in [-0.39, 0.29) is 8.54 Å². The first-order valence-corrected chi connectivity index (χ1v) is 9.33. The fourth-order valence-electron chi connectivity index (χ4n) is 3.56. The number of hydrogen-bond donors (Lipinski definition) is 3. The summed E-state index contributed by atoms with van der Waals surface area (Å²) in [6, 6.07) is 11.9. The van der Waals surface area contributed by atoms with Gasteiger partial charge in [0.1, 0.15) is 5.82 Å². The minimum Gasteiger partial charge on any atom is -0.381 e. The largest absolute Gasteiger partial charge is 0.381 e. The van der Waals surface area contributed by atoms with E-state index in [1.165, 1.54) is 0 Å². The average molecular weight is 383 g/mol. The molecule has 0 atom stereocenters. The molecule has 5 rings (SSSR count). The molecule has 3 N–H and O–H groups in total. The smallest absolute Gasteiger partial charge is 0.326 e. The second-order valence-corrected chi connectivity index (χ2v) is 6.99. The van der Waals surface area contributed by atoms with E-state index in [0.29, 0.717) is 12.0 Å². The number of benzene rings is 1. The van der Waals surface area contributed by atoms with E-state index in [0.717, 1.165) is 54.2 Å². The number of hydrogen-bond acceptors (Lipinski definition) is 6. The highest BCUT2D eigenvalue weighted by Gasteiger charge is 2.16. The summed E-state index contributed by atoms with van der Waals surface area (Å²) in [6.45, 7) is 1.56. The predicted molar refractivity (Wildman–Crippen MR) is 112 cm³/mol. The van der Waals surface area contributed by atoms with Crippen LogP contribution < -0.4 is 16.3 Å². The highest BCUT2D eigenvalue weighted by molar-refractivity contribution is 5.80. The predicted octanol–water partition coefficient (Wildman–Crippen LogP) is 2.74. The lowest BCUT2D eigenvalue weighted by molar-refractivity contribution is 0.0903. The zero-order valence-electron chi connectivity index (χ0n) is 15.5. The van der Waals surface area contributed by atoms with Crippen LogP contribution in [-0.4, -0.2) is 43.4 Å². The number of aryl methyl sites for hydroxylation is 1. The molecule has 9 nitrogen and oxygen atoms in total. The van der Waals surface area contributed by atoms with Gasteiger partial charge in [0.05, 0.1) is 11.0 Å². The van der Waals surface area contributed by atoms with Crippen LogP contribution in [0.4, 0.5) is 17.5 Å². The zero-order chi connectivity index (χ0) is 19.1. The van der Waals surface area contributed by atoms with Gasteiger partial charge in [-0.05, 0) is 43.2 Å². The maximum Gasteiger partial charge on any atom is 0.326 e. The first-order chi connectivity index (χ1) is 13.7. The van der Waals surface area contributed by atoms with Crippen LogP contribution in [0.1, 0.15) is 15.7 Å². The molecule has 1 saturated heterocycles. The minimum atomic E-state index is -0.137. The van der Waals surface area contributed by atoms with E-state index >= 15 is 0 Å². The highest BCUT2D eigenvalue weighted by Crippen LogP contribution is 2.21. The van der Waals surface area contributed by atoms with E-state index in [4.69, 9.17) is 4.74 Å². The summed E-state index contributed by atoms with van der Waals surface area (Å²) in [5, 5.41) is 11.4. The van der Waals surface area contributed by atoms with Gasteiger partial charge in [0, 0.05) is 34.8 Å². The molecule has 148 valence electrons. The summed E-state index contributed by atoms with van der Waals surface area (Å²) in [5.74, 6) is 1.41. The maximum atomic E-state index is 11.8. The molecule has 28 heavy (non-hydrogen) atoms. The molecule has 9 heteroatoms. The number of aromatic amines is 1. The fraction of sp³-hybridized carbons (Fsp3) is 0.316. The van der Waals surface area contributed by atoms with Gasteiger partial charge in [0.15, 0.2) is 5.65 Å². The van der Waals surface area contributed by atoms with Crippen LogP contribution in [-0.2, 0) is 11.8 Å². The van der Waals surface area contributed by atoms with Crippen LogP contribution in [0.25, 0.3) is 16.7 Å². The Labute approximate surface area is 163 Å². The standard InChI is InChI=1S/C19H21N7O2.2H2/c1-25-15-6-5-13(11-14(15)22-19(25)27)21-18-23-17-4-2-3-16(26(17)24-18)20-12-7-9-28-10-8-12;;/h2-6,11-12,20H,7-10H2,1H3,(H,21,24)(H,22,27);2*1H. The summed E-state index contributed by atoms with van der Waals surface area (Å²) in [7, 11) is 1.74. The Hall–Kier alpha value is -3.33. The molecule has 1 fully saturated rings. The van der Waals surface area contributed by atoms with E-state index in [1.54, 1.807) is 16.1 Å². The molecule has 0 saturated carbocycles. The third-order valence-electron chi connectivity index (χ3n) is 5.09. The van der Waals surface area contributed by atoms with Gasteiger partial charge < -0.3 is 20.4 Å². The summed E-state index contributed by atoms with van der Waals surface area (Å²) >= 11 is 0. The Kier molecular flexibility index (Phi) is 4.01. The summed E-state index contributed by atoms with van der Waals surface area (Å²) in [6.07, 6.45) is 1.96. The van der Waals surface area contributed by atoms with Crippen LogP contribution in [0.3, 0.4) is 0 Å². The van der Waals surface area contributed by atoms with Crippen molar-refractivity contribution in [3.63, 3.8) is 0 Å². The lowest BCUT2D eigenvalue weighted by Crippen LogP contribution is -2.28. The van der Waals surface area contributed by atoms with Gasteiger partial charge in [-0.15, -0.1) is 5.10 Å². The second-order valence-electron chi connectivity index (χ2n) is 6.99. The Morgan fingerprint density at radius 1 is 1.25 bits per heavy atom. The lowest BCUT2D eigenvalue weighted by atomic mass is 10.1. The number of H-pyrrole nitrogens is 1. The van der Waals surface area contributed by atoms with Gasteiger partial charge in [-0.1, -0.05) is 6.07 Å². The molecule has 0 bridgehead atoms. The van der Waals surface area contributed by atoms with Gasteiger partial charge >= 0.3 is 5.69 Å². The molecule has 0 radical (unpaired) electrons. The van der Waals surface area contributed by atoms with Gasteiger partial charge in [-0.2, -0.15) is 9.50 Å². The molecule has 1 aliphatic heterocycles. The van der Waals surface area contributed by atoms with Crippen molar-refractivity contribution in [2.45, 2.75) is 18.9 Å². The average Bonchev–Trinajstić information content (AvgIpc) is 3.23. The van der Waals surface area contributed by atoms with Crippen LogP contribution in [0.15, 0.2) is 41.2 Å². The van der Waals surface area contributed by atoms with Crippen molar-refractivity contribution in [3.05, 3.63) is 46.9 Å². The number of rotatable bonds is 4. The topological polar surface area (TPSA) is 101 Å². The molecular formula is C19H25N7O2. The molecule has 0 amide bonds. The van der Waals surface area contributed by atoms with Crippen LogP contribution in [0.5, 0.6) is 0 Å². The molecule has 3 aromatic heterocycles. The van der Waals surface area contributed by atoms with Gasteiger partial charge in [0.25, 0.3) is 0 Å². The van der Waals surface area contributed by atoms with Crippen molar-refractivity contribution in [1.82, 2.24) is 24.1 Å². The third-order valence-corrected chi connectivity index (χ3v) is 5.09. The van der Waals surface area contributed by atoms with Crippen molar-refractivity contribution in [2.75, 3.05) is 23.8 Å². The van der Waals surface area contributed by atoms with Crippen molar-refractivity contribution in [1.29, 1.82) is 0 Å². The van der Waals surface area contributed by atoms with Crippen molar-refractivity contribution in [3.8, 4) is 0 Å².